The second kappa shape index (κ2) is 74.5. The molecule has 19 heteroatoms. The lowest BCUT2D eigenvalue weighted by molar-refractivity contribution is -0.161. The van der Waals surface area contributed by atoms with Crippen molar-refractivity contribution in [3.05, 3.63) is 0 Å². The van der Waals surface area contributed by atoms with Gasteiger partial charge in [0.2, 0.25) is 0 Å². The van der Waals surface area contributed by atoms with E-state index in [2.05, 4.69) is 41.5 Å². The van der Waals surface area contributed by atoms with Gasteiger partial charge in [0.1, 0.15) is 19.3 Å². The molecule has 0 aliphatic carbocycles. The molecule has 0 aromatic heterocycles. The van der Waals surface area contributed by atoms with Crippen LogP contribution >= 0.6 is 15.6 Å². The van der Waals surface area contributed by atoms with E-state index in [1.54, 1.807) is 0 Å². The highest BCUT2D eigenvalue weighted by molar-refractivity contribution is 7.47. The summed E-state index contributed by atoms with van der Waals surface area (Å²) in [6.45, 7) is 9.63. The Hall–Kier alpha value is -1.94. The molecule has 102 heavy (non-hydrogen) atoms. The van der Waals surface area contributed by atoms with E-state index in [1.165, 1.54) is 250 Å². The van der Waals surface area contributed by atoms with Gasteiger partial charge in [0, 0.05) is 25.7 Å². The number of carbonyl (C=O) groups excluding carboxylic acids is 4. The molecule has 3 N–H and O–H groups in total. The number of aliphatic hydroxyl groups is 1. The fourth-order valence-corrected chi connectivity index (χ4v) is 14.4. The molecule has 0 amide bonds. The van der Waals surface area contributed by atoms with Crippen LogP contribution in [0.1, 0.15) is 440 Å². The summed E-state index contributed by atoms with van der Waals surface area (Å²) >= 11 is 0. The Balaban J connectivity index is 5.20. The molecule has 0 aliphatic rings. The molecule has 0 heterocycles. The third-order valence-electron chi connectivity index (χ3n) is 19.8. The molecule has 0 saturated carbocycles. The molecule has 0 spiro atoms. The molecule has 17 nitrogen and oxygen atoms in total. The van der Waals surface area contributed by atoms with Crippen molar-refractivity contribution < 1.29 is 80.2 Å². The summed E-state index contributed by atoms with van der Waals surface area (Å²) in [6.07, 6.45) is 65.4. The van der Waals surface area contributed by atoms with E-state index in [1.807, 2.05) is 0 Å². The maximum atomic E-state index is 13.1. The van der Waals surface area contributed by atoms with Gasteiger partial charge in [-0.15, -0.1) is 0 Å². The first-order valence-corrected chi connectivity index (χ1v) is 46.0. The molecule has 0 rings (SSSR count). The Kier molecular flexibility index (Phi) is 73.1. The number of carbonyl (C=O) groups is 4. The minimum atomic E-state index is -4.96. The number of ether oxygens (including phenoxy) is 4. The van der Waals surface area contributed by atoms with Crippen molar-refractivity contribution in [2.75, 3.05) is 39.6 Å². The first-order valence-electron chi connectivity index (χ1n) is 43.0. The van der Waals surface area contributed by atoms with Crippen LogP contribution in [0.15, 0.2) is 0 Å². The van der Waals surface area contributed by atoms with Gasteiger partial charge in [-0.2, -0.15) is 0 Å². The molecular formula is C83H162O17P2. The van der Waals surface area contributed by atoms with E-state index >= 15 is 0 Å². The fraction of sp³-hybridized carbons (Fsp3) is 0.952. The predicted octanol–water partition coefficient (Wildman–Crippen LogP) is 25.1. The summed E-state index contributed by atoms with van der Waals surface area (Å²) in [5, 5.41) is 10.6. The molecule has 606 valence electrons. The summed E-state index contributed by atoms with van der Waals surface area (Å²) < 4.78 is 68.7. The van der Waals surface area contributed by atoms with Crippen LogP contribution in [0, 0.1) is 11.8 Å². The molecule has 0 fully saturated rings. The third kappa shape index (κ3) is 74.9. The van der Waals surface area contributed by atoms with E-state index in [-0.39, 0.29) is 25.7 Å². The second-order valence-electron chi connectivity index (χ2n) is 30.6. The van der Waals surface area contributed by atoms with Crippen LogP contribution in [-0.2, 0) is 65.4 Å². The minimum absolute atomic E-state index is 0.107. The van der Waals surface area contributed by atoms with Gasteiger partial charge in [0.05, 0.1) is 26.4 Å². The zero-order valence-electron chi connectivity index (χ0n) is 66.9. The Bertz CT molecular complexity index is 1960. The van der Waals surface area contributed by atoms with Gasteiger partial charge >= 0.3 is 39.5 Å². The highest BCUT2D eigenvalue weighted by atomic mass is 31.2. The van der Waals surface area contributed by atoms with Crippen molar-refractivity contribution in [2.24, 2.45) is 11.8 Å². The lowest BCUT2D eigenvalue weighted by atomic mass is 9.99. The molecule has 3 unspecified atom stereocenters. The molecule has 0 saturated heterocycles. The van der Waals surface area contributed by atoms with Gasteiger partial charge in [0.25, 0.3) is 0 Å². The van der Waals surface area contributed by atoms with Crippen LogP contribution in [0.4, 0.5) is 0 Å². The summed E-state index contributed by atoms with van der Waals surface area (Å²) in [6, 6.07) is 0. The molecule has 0 aromatic rings. The summed E-state index contributed by atoms with van der Waals surface area (Å²) in [5.41, 5.74) is 0. The largest absolute Gasteiger partial charge is 0.472 e. The van der Waals surface area contributed by atoms with Gasteiger partial charge in [-0.3, -0.25) is 37.3 Å². The Morgan fingerprint density at radius 1 is 0.284 bits per heavy atom. The van der Waals surface area contributed by atoms with Gasteiger partial charge in [-0.05, 0) is 37.5 Å². The van der Waals surface area contributed by atoms with Crippen LogP contribution in [0.5, 0.6) is 0 Å². The third-order valence-corrected chi connectivity index (χ3v) is 21.7. The van der Waals surface area contributed by atoms with Crippen molar-refractivity contribution >= 4 is 39.5 Å². The average Bonchev–Trinajstić information content (AvgIpc) is 0.946. The van der Waals surface area contributed by atoms with Crippen LogP contribution in [0.3, 0.4) is 0 Å². The number of phosphoric ester groups is 2. The van der Waals surface area contributed by atoms with Gasteiger partial charge < -0.3 is 33.8 Å². The zero-order chi connectivity index (χ0) is 74.9. The van der Waals surface area contributed by atoms with E-state index in [9.17, 15) is 43.2 Å². The van der Waals surface area contributed by atoms with Crippen molar-refractivity contribution in [1.82, 2.24) is 0 Å². The number of hydrogen-bond donors (Lipinski definition) is 3. The fourth-order valence-electron chi connectivity index (χ4n) is 12.9. The van der Waals surface area contributed by atoms with Crippen LogP contribution in [0.2, 0.25) is 0 Å². The smallest absolute Gasteiger partial charge is 0.462 e. The van der Waals surface area contributed by atoms with Crippen molar-refractivity contribution in [3.63, 3.8) is 0 Å². The number of hydrogen-bond acceptors (Lipinski definition) is 15. The molecule has 0 aromatic carbocycles. The Labute approximate surface area is 626 Å². The summed E-state index contributed by atoms with van der Waals surface area (Å²) in [7, 11) is -9.92. The maximum Gasteiger partial charge on any atom is 0.472 e. The first kappa shape index (κ1) is 100. The number of aliphatic hydroxyl groups excluding tert-OH is 1. The zero-order valence-corrected chi connectivity index (χ0v) is 68.7. The van der Waals surface area contributed by atoms with Crippen LogP contribution in [-0.4, -0.2) is 96.7 Å². The van der Waals surface area contributed by atoms with Crippen LogP contribution < -0.4 is 0 Å². The molecular weight excluding hydrogens is 1330 g/mol. The van der Waals surface area contributed by atoms with Crippen molar-refractivity contribution in [2.45, 2.75) is 458 Å². The van der Waals surface area contributed by atoms with Gasteiger partial charge in [-0.1, -0.05) is 388 Å². The lowest BCUT2D eigenvalue weighted by Crippen LogP contribution is -2.30. The van der Waals surface area contributed by atoms with Gasteiger partial charge in [-0.25, -0.2) is 9.13 Å². The van der Waals surface area contributed by atoms with E-state index in [0.29, 0.717) is 31.6 Å². The maximum absolute atomic E-state index is 13.1. The van der Waals surface area contributed by atoms with E-state index in [4.69, 9.17) is 37.0 Å². The minimum Gasteiger partial charge on any atom is -0.462 e. The normalized spacial score (nSPS) is 14.1. The topological polar surface area (TPSA) is 237 Å². The van der Waals surface area contributed by atoms with Gasteiger partial charge in [0.15, 0.2) is 12.2 Å². The number of phosphoric acid groups is 2. The standard InChI is InChI=1S/C83H162O17P2/c1-7-10-12-14-16-18-20-22-23-24-28-31-35-38-42-46-53-59-65-80(85)93-71-78(99-82(87)68-62-56-48-44-40-36-32-29-26-25-27-30-34-37-41-45-52-58-64-76(6)9-3)73-97-101(89,90)95-69-77(84)70-96-102(91,92)98-74-79(72-94-81(86)66-60-54-50-49-51-57-63-75(4)5)100-83(88)67-61-55-47-43-39-33-21-19-17-15-13-11-8-2/h75-79,84H,7-74H2,1-6H3,(H,89,90)(H,91,92)/t76?,77-,78-,79-/m1/s1. The Morgan fingerprint density at radius 3 is 0.745 bits per heavy atom. The average molecular weight is 1490 g/mol. The second-order valence-corrected chi connectivity index (χ2v) is 33.5. The number of unbranched alkanes of at least 4 members (excludes halogenated alkanes) is 51. The molecule has 0 radical (unpaired) electrons. The molecule has 6 atom stereocenters. The quantitative estimate of drug-likeness (QED) is 0.0222. The van der Waals surface area contributed by atoms with E-state index in [0.717, 1.165) is 102 Å². The molecule has 0 aliphatic heterocycles. The van der Waals surface area contributed by atoms with E-state index < -0.39 is 97.5 Å². The summed E-state index contributed by atoms with van der Waals surface area (Å²) in [5.74, 6) is -0.557. The summed E-state index contributed by atoms with van der Waals surface area (Å²) in [4.78, 5) is 73.0. The van der Waals surface area contributed by atoms with Crippen LogP contribution in [0.25, 0.3) is 0 Å². The van der Waals surface area contributed by atoms with Crippen molar-refractivity contribution in [1.29, 1.82) is 0 Å². The van der Waals surface area contributed by atoms with Crippen molar-refractivity contribution in [3.8, 4) is 0 Å². The lowest BCUT2D eigenvalue weighted by Gasteiger charge is -2.21. The monoisotopic (exact) mass is 1490 g/mol. The Morgan fingerprint density at radius 2 is 0.500 bits per heavy atom. The number of esters is 4. The highest BCUT2D eigenvalue weighted by Gasteiger charge is 2.30. The molecule has 0 bridgehead atoms. The predicted molar refractivity (Wildman–Crippen MR) is 418 cm³/mol. The first-order chi connectivity index (χ1) is 49.4. The SMILES string of the molecule is CCCCCCCCCCCCCCCCCCCCC(=O)OC[C@H](COP(=O)(O)OC[C@@H](O)COP(=O)(O)OC[C@@H](COC(=O)CCCCCCCCC(C)C)OC(=O)CCCCCCCCCCCCCCC)OC(=O)CCCCCCCCCCCCCCCCCCCCC(C)CC. The highest BCUT2D eigenvalue weighted by Crippen LogP contribution is 2.45. The number of rotatable bonds is 82.